The summed E-state index contributed by atoms with van der Waals surface area (Å²) in [4.78, 5) is 4.78. The molecule has 0 saturated carbocycles. The average Bonchev–Trinajstić information content (AvgIpc) is 2.61. The fraction of sp³-hybridized carbons (Fsp3) is 0.611. The van der Waals surface area contributed by atoms with Gasteiger partial charge >= 0.3 is 0 Å². The van der Waals surface area contributed by atoms with Gasteiger partial charge in [-0.05, 0) is 43.4 Å². The Morgan fingerprint density at radius 3 is 3.08 bits per heavy atom. The Labute approximate surface area is 144 Å². The highest BCUT2D eigenvalue weighted by atomic mass is 32.2. The van der Waals surface area contributed by atoms with E-state index in [1.54, 1.807) is 16.6 Å². The van der Waals surface area contributed by atoms with Crippen LogP contribution in [0.1, 0.15) is 26.2 Å². The van der Waals surface area contributed by atoms with Crippen LogP contribution in [0.4, 0.5) is 0 Å². The second-order valence-electron chi connectivity index (χ2n) is 7.31. The van der Waals surface area contributed by atoms with E-state index in [-0.39, 0.29) is 11.8 Å². The van der Waals surface area contributed by atoms with Crippen LogP contribution in [0, 0.1) is 17.8 Å². The van der Waals surface area contributed by atoms with Crippen LogP contribution < -0.4 is 5.32 Å². The number of aliphatic imine (C=N–C) groups is 1. The molecule has 2 fully saturated rings. The Hall–Kier alpha value is -1.24. The van der Waals surface area contributed by atoms with Crippen LogP contribution in [-0.4, -0.2) is 44.6 Å². The second-order valence-corrected chi connectivity index (χ2v) is 9.24. The maximum Gasteiger partial charge on any atom is 0.239 e. The first-order valence-electron chi connectivity index (χ1n) is 8.92. The molecule has 6 heteroatoms. The van der Waals surface area contributed by atoms with Crippen LogP contribution in [0.25, 0.3) is 0 Å². The molecule has 130 valence electrons. The lowest BCUT2D eigenvalue weighted by molar-refractivity contribution is 0.171. The lowest BCUT2D eigenvalue weighted by Crippen LogP contribution is -2.53. The van der Waals surface area contributed by atoms with Crippen LogP contribution in [0.15, 0.2) is 39.9 Å². The Kier molecular flexibility index (Phi) is 4.22. The number of fused-ring (bicyclic) bond motifs is 2. The minimum Gasteiger partial charge on any atom is -0.314 e. The van der Waals surface area contributed by atoms with E-state index in [1.165, 1.54) is 0 Å². The van der Waals surface area contributed by atoms with Crippen molar-refractivity contribution in [1.29, 1.82) is 0 Å². The molecule has 0 bridgehead atoms. The van der Waals surface area contributed by atoms with E-state index < -0.39 is 10.0 Å². The van der Waals surface area contributed by atoms with Gasteiger partial charge in [-0.2, -0.15) is 4.31 Å². The monoisotopic (exact) mass is 347 g/mol. The van der Waals surface area contributed by atoms with Gasteiger partial charge < -0.3 is 5.32 Å². The van der Waals surface area contributed by atoms with Gasteiger partial charge in [0.1, 0.15) is 0 Å². The van der Waals surface area contributed by atoms with E-state index in [9.17, 15) is 8.42 Å². The van der Waals surface area contributed by atoms with Crippen molar-refractivity contribution in [2.45, 2.75) is 32.2 Å². The summed E-state index contributed by atoms with van der Waals surface area (Å²) in [6.07, 6.45) is 12.4. The van der Waals surface area contributed by atoms with Crippen molar-refractivity contribution < 1.29 is 8.42 Å². The van der Waals surface area contributed by atoms with Gasteiger partial charge in [-0.25, -0.2) is 8.42 Å². The molecule has 5 nitrogen and oxygen atoms in total. The van der Waals surface area contributed by atoms with Gasteiger partial charge in [-0.1, -0.05) is 19.1 Å². The van der Waals surface area contributed by atoms with E-state index in [0.717, 1.165) is 31.4 Å². The highest BCUT2D eigenvalue weighted by Gasteiger charge is 2.41. The number of rotatable bonds is 2. The van der Waals surface area contributed by atoms with Gasteiger partial charge in [0.05, 0.1) is 4.91 Å². The van der Waals surface area contributed by atoms with E-state index in [2.05, 4.69) is 10.3 Å². The fourth-order valence-electron chi connectivity index (χ4n) is 4.49. The molecule has 3 aliphatic heterocycles. The zero-order valence-electron chi connectivity index (χ0n) is 14.1. The molecule has 0 spiro atoms. The molecule has 0 amide bonds. The molecular formula is C18H25N3O2S. The minimum atomic E-state index is -3.43. The molecule has 2 saturated heterocycles. The zero-order chi connectivity index (χ0) is 16.7. The topological polar surface area (TPSA) is 61.8 Å². The highest BCUT2D eigenvalue weighted by molar-refractivity contribution is 7.93. The molecule has 0 aromatic carbocycles. The minimum absolute atomic E-state index is 0.0975. The molecule has 4 atom stereocenters. The van der Waals surface area contributed by atoms with E-state index >= 15 is 0 Å². The van der Waals surface area contributed by atoms with Crippen molar-refractivity contribution in [2.75, 3.05) is 19.6 Å². The third-order valence-corrected chi connectivity index (χ3v) is 7.78. The summed E-state index contributed by atoms with van der Waals surface area (Å²) >= 11 is 0. The Bertz CT molecular complexity index is 735. The van der Waals surface area contributed by atoms with Crippen LogP contribution in [-0.2, 0) is 10.0 Å². The number of piperidine rings is 2. The van der Waals surface area contributed by atoms with Crippen molar-refractivity contribution in [3.63, 3.8) is 0 Å². The van der Waals surface area contributed by atoms with Crippen molar-refractivity contribution in [3.05, 3.63) is 34.9 Å². The van der Waals surface area contributed by atoms with Gasteiger partial charge in [-0.15, -0.1) is 0 Å². The molecule has 4 aliphatic rings. The molecule has 0 aromatic heterocycles. The van der Waals surface area contributed by atoms with Crippen LogP contribution in [0.2, 0.25) is 0 Å². The third kappa shape index (κ3) is 2.70. The Balaban J connectivity index is 1.61. The fourth-order valence-corrected chi connectivity index (χ4v) is 6.44. The molecule has 3 heterocycles. The van der Waals surface area contributed by atoms with Gasteiger partial charge in [0.2, 0.25) is 10.0 Å². The molecular weight excluding hydrogens is 322 g/mol. The standard InChI is InChI=1S/C18H25N3O2S/c1-13-10-19-11-14-4-2-6-17(18(13)14)24(22,23)21-9-7-16-15(12-21)5-3-8-20-16/h2,4,6,10-11,13,15-16,18,20H,3,5,7-9,12H2,1H3. The second kappa shape index (κ2) is 6.24. The van der Waals surface area contributed by atoms with Crippen molar-refractivity contribution in [3.8, 4) is 0 Å². The largest absolute Gasteiger partial charge is 0.314 e. The molecule has 0 aromatic rings. The average molecular weight is 347 g/mol. The number of nitrogens with one attached hydrogen (secondary N) is 1. The summed E-state index contributed by atoms with van der Waals surface area (Å²) in [7, 11) is -3.43. The molecule has 4 unspecified atom stereocenters. The van der Waals surface area contributed by atoms with Crippen molar-refractivity contribution in [2.24, 2.45) is 22.7 Å². The first-order valence-corrected chi connectivity index (χ1v) is 10.4. The number of hydrogen-bond acceptors (Lipinski definition) is 4. The number of allylic oxidation sites excluding steroid dienone is 5. The Morgan fingerprint density at radius 1 is 1.33 bits per heavy atom. The summed E-state index contributed by atoms with van der Waals surface area (Å²) in [5, 5.41) is 3.55. The molecule has 1 N–H and O–H groups in total. The summed E-state index contributed by atoms with van der Waals surface area (Å²) in [5.41, 5.74) is 1.00. The third-order valence-electron chi connectivity index (χ3n) is 5.78. The SMILES string of the molecule is CC1C=NC=C2C=CC=C(S(=O)(=O)N3CCC4NCCCC4C3)C21. The summed E-state index contributed by atoms with van der Waals surface area (Å²) in [5.74, 6) is 0.451. The summed E-state index contributed by atoms with van der Waals surface area (Å²) in [6, 6.07) is 0.488. The number of nitrogens with zero attached hydrogens (tertiary/aromatic N) is 2. The van der Waals surface area contributed by atoms with E-state index in [1.807, 2.05) is 25.3 Å². The van der Waals surface area contributed by atoms with Crippen molar-refractivity contribution in [1.82, 2.24) is 9.62 Å². The maximum atomic E-state index is 13.3. The zero-order valence-corrected chi connectivity index (χ0v) is 14.9. The van der Waals surface area contributed by atoms with Gasteiger partial charge in [0, 0.05) is 43.4 Å². The lowest BCUT2D eigenvalue weighted by atomic mass is 9.83. The quantitative estimate of drug-likeness (QED) is 0.832. The predicted octanol–water partition coefficient (Wildman–Crippen LogP) is 2.06. The predicted molar refractivity (Wildman–Crippen MR) is 96.1 cm³/mol. The normalized spacial score (nSPS) is 36.5. The van der Waals surface area contributed by atoms with Crippen LogP contribution in [0.5, 0.6) is 0 Å². The van der Waals surface area contributed by atoms with Crippen molar-refractivity contribution >= 4 is 16.2 Å². The number of hydrogen-bond donors (Lipinski definition) is 1. The first kappa shape index (κ1) is 16.2. The van der Waals surface area contributed by atoms with Gasteiger partial charge in [-0.3, -0.25) is 4.99 Å². The van der Waals surface area contributed by atoms with E-state index in [4.69, 9.17) is 0 Å². The Morgan fingerprint density at radius 2 is 2.21 bits per heavy atom. The first-order chi connectivity index (χ1) is 11.6. The molecule has 4 rings (SSSR count). The summed E-state index contributed by atoms with van der Waals surface area (Å²) in [6.45, 7) is 4.37. The van der Waals surface area contributed by atoms with E-state index in [0.29, 0.717) is 30.0 Å². The highest BCUT2D eigenvalue weighted by Crippen LogP contribution is 2.39. The van der Waals surface area contributed by atoms with Crippen LogP contribution in [0.3, 0.4) is 0 Å². The lowest BCUT2D eigenvalue weighted by Gasteiger charge is -2.42. The smallest absolute Gasteiger partial charge is 0.239 e. The summed E-state index contributed by atoms with van der Waals surface area (Å²) < 4.78 is 28.4. The van der Waals surface area contributed by atoms with Gasteiger partial charge in [0.15, 0.2) is 0 Å². The number of sulfonamides is 1. The maximum absolute atomic E-state index is 13.3. The molecule has 0 radical (unpaired) electrons. The molecule has 1 aliphatic carbocycles. The molecule has 24 heavy (non-hydrogen) atoms. The van der Waals surface area contributed by atoms with Crippen LogP contribution >= 0.6 is 0 Å². The van der Waals surface area contributed by atoms with Gasteiger partial charge in [0.25, 0.3) is 0 Å².